The van der Waals surface area contributed by atoms with Gasteiger partial charge in [0, 0.05) is 19.9 Å². The predicted octanol–water partition coefficient (Wildman–Crippen LogP) is 0.551. The molecule has 0 aromatic carbocycles. The maximum Gasteiger partial charge on any atom is 0.148 e. The van der Waals surface area contributed by atoms with Crippen molar-refractivity contribution in [3.05, 3.63) is 18.3 Å². The van der Waals surface area contributed by atoms with Crippen molar-refractivity contribution in [2.45, 2.75) is 0 Å². The standard InChI is InChI=1S/C9H15N3O2/c1-13-7-8-14-6-5-10-9-3-2-4-11-12-9/h2-4H,5-8H2,1H3,(H,10,12). The van der Waals surface area contributed by atoms with Crippen LogP contribution >= 0.6 is 0 Å². The lowest BCUT2D eigenvalue weighted by molar-refractivity contribution is 0.0759. The van der Waals surface area contributed by atoms with Gasteiger partial charge in [0.15, 0.2) is 0 Å². The van der Waals surface area contributed by atoms with Crippen LogP contribution in [-0.2, 0) is 9.47 Å². The molecule has 0 saturated heterocycles. The molecule has 0 aliphatic rings. The van der Waals surface area contributed by atoms with Crippen LogP contribution in [0.3, 0.4) is 0 Å². The van der Waals surface area contributed by atoms with Crippen molar-refractivity contribution >= 4 is 5.82 Å². The van der Waals surface area contributed by atoms with Gasteiger partial charge in [0.1, 0.15) is 5.82 Å². The van der Waals surface area contributed by atoms with Crippen molar-refractivity contribution in [2.75, 3.05) is 38.8 Å². The molecule has 0 bridgehead atoms. The van der Waals surface area contributed by atoms with E-state index in [1.807, 2.05) is 12.1 Å². The van der Waals surface area contributed by atoms with Crippen molar-refractivity contribution < 1.29 is 9.47 Å². The van der Waals surface area contributed by atoms with Gasteiger partial charge in [-0.05, 0) is 12.1 Å². The van der Waals surface area contributed by atoms with E-state index >= 15 is 0 Å². The van der Waals surface area contributed by atoms with Gasteiger partial charge in [-0.3, -0.25) is 0 Å². The highest BCUT2D eigenvalue weighted by Gasteiger charge is 1.91. The van der Waals surface area contributed by atoms with E-state index < -0.39 is 0 Å². The minimum atomic E-state index is 0.624. The van der Waals surface area contributed by atoms with Crippen molar-refractivity contribution in [1.29, 1.82) is 0 Å². The third-order valence-corrected chi connectivity index (χ3v) is 1.56. The summed E-state index contributed by atoms with van der Waals surface area (Å²) in [5.41, 5.74) is 0. The van der Waals surface area contributed by atoms with E-state index in [4.69, 9.17) is 9.47 Å². The first kappa shape index (κ1) is 10.9. The number of anilines is 1. The lowest BCUT2D eigenvalue weighted by Crippen LogP contribution is -2.12. The van der Waals surface area contributed by atoms with Crippen LogP contribution in [0.4, 0.5) is 5.82 Å². The first-order valence-corrected chi connectivity index (χ1v) is 4.51. The summed E-state index contributed by atoms with van der Waals surface area (Å²) in [5, 5.41) is 10.7. The van der Waals surface area contributed by atoms with Crippen molar-refractivity contribution in [2.24, 2.45) is 0 Å². The molecule has 5 heteroatoms. The Bertz CT molecular complexity index is 231. The fourth-order valence-electron chi connectivity index (χ4n) is 0.891. The Morgan fingerprint density at radius 1 is 1.36 bits per heavy atom. The average Bonchev–Trinajstić information content (AvgIpc) is 2.25. The largest absolute Gasteiger partial charge is 0.382 e. The zero-order valence-corrected chi connectivity index (χ0v) is 8.27. The van der Waals surface area contributed by atoms with Crippen LogP contribution in [0.2, 0.25) is 0 Å². The molecule has 0 atom stereocenters. The van der Waals surface area contributed by atoms with Gasteiger partial charge in [-0.1, -0.05) is 0 Å². The summed E-state index contributed by atoms with van der Waals surface area (Å²) in [6.07, 6.45) is 1.64. The molecule has 1 aromatic rings. The SMILES string of the molecule is COCCOCCNc1cccnn1. The minimum absolute atomic E-state index is 0.624. The molecule has 1 heterocycles. The first-order chi connectivity index (χ1) is 6.93. The number of nitrogens with zero attached hydrogens (tertiary/aromatic N) is 2. The van der Waals surface area contributed by atoms with Gasteiger partial charge in [-0.25, -0.2) is 0 Å². The lowest BCUT2D eigenvalue weighted by Gasteiger charge is -2.05. The molecular weight excluding hydrogens is 182 g/mol. The van der Waals surface area contributed by atoms with Crippen LogP contribution in [0.1, 0.15) is 0 Å². The third-order valence-electron chi connectivity index (χ3n) is 1.56. The quantitative estimate of drug-likeness (QED) is 0.647. The molecule has 0 amide bonds. The Balaban J connectivity index is 1.99. The second-order valence-corrected chi connectivity index (χ2v) is 2.64. The van der Waals surface area contributed by atoms with E-state index in [1.165, 1.54) is 0 Å². The predicted molar refractivity (Wildman–Crippen MR) is 53.2 cm³/mol. The highest BCUT2D eigenvalue weighted by atomic mass is 16.5. The Morgan fingerprint density at radius 2 is 2.29 bits per heavy atom. The summed E-state index contributed by atoms with van der Waals surface area (Å²) < 4.78 is 10.1. The molecule has 0 fully saturated rings. The second-order valence-electron chi connectivity index (χ2n) is 2.64. The summed E-state index contributed by atoms with van der Waals surface area (Å²) in [6.45, 7) is 2.62. The van der Waals surface area contributed by atoms with E-state index in [2.05, 4.69) is 15.5 Å². The molecule has 78 valence electrons. The highest BCUT2D eigenvalue weighted by Crippen LogP contribution is 1.95. The van der Waals surface area contributed by atoms with Crippen LogP contribution < -0.4 is 5.32 Å². The average molecular weight is 197 g/mol. The minimum Gasteiger partial charge on any atom is -0.382 e. The van der Waals surface area contributed by atoms with Gasteiger partial charge in [-0.2, -0.15) is 5.10 Å². The molecular formula is C9H15N3O2. The second kappa shape index (κ2) is 7.23. The number of rotatable bonds is 7. The van der Waals surface area contributed by atoms with Gasteiger partial charge in [0.2, 0.25) is 0 Å². The Kier molecular flexibility index (Phi) is 5.62. The summed E-state index contributed by atoms with van der Waals surface area (Å²) in [7, 11) is 1.65. The lowest BCUT2D eigenvalue weighted by atomic mass is 10.5. The fourth-order valence-corrected chi connectivity index (χ4v) is 0.891. The van der Waals surface area contributed by atoms with E-state index in [1.54, 1.807) is 13.3 Å². The molecule has 1 N–H and O–H groups in total. The molecule has 14 heavy (non-hydrogen) atoms. The molecule has 1 rings (SSSR count). The van der Waals surface area contributed by atoms with Crippen LogP contribution in [0.5, 0.6) is 0 Å². The number of aromatic nitrogens is 2. The number of nitrogens with one attached hydrogen (secondary N) is 1. The highest BCUT2D eigenvalue weighted by molar-refractivity contribution is 5.30. The smallest absolute Gasteiger partial charge is 0.148 e. The van der Waals surface area contributed by atoms with Gasteiger partial charge >= 0.3 is 0 Å². The number of ether oxygens (including phenoxy) is 2. The van der Waals surface area contributed by atoms with Gasteiger partial charge < -0.3 is 14.8 Å². The normalized spacial score (nSPS) is 10.1. The molecule has 1 aromatic heterocycles. The zero-order chi connectivity index (χ0) is 10.1. The molecule has 0 saturated carbocycles. The Morgan fingerprint density at radius 3 is 3.00 bits per heavy atom. The Labute approximate surface area is 83.4 Å². The summed E-state index contributed by atoms with van der Waals surface area (Å²) in [5.74, 6) is 0.767. The van der Waals surface area contributed by atoms with Gasteiger partial charge in [0.25, 0.3) is 0 Å². The number of methoxy groups -OCH3 is 1. The topological polar surface area (TPSA) is 56.3 Å². The number of hydrogen-bond donors (Lipinski definition) is 1. The van der Waals surface area contributed by atoms with E-state index in [0.29, 0.717) is 19.8 Å². The number of hydrogen-bond acceptors (Lipinski definition) is 5. The fraction of sp³-hybridized carbons (Fsp3) is 0.556. The molecule has 0 spiro atoms. The van der Waals surface area contributed by atoms with E-state index in [0.717, 1.165) is 12.4 Å². The monoisotopic (exact) mass is 197 g/mol. The Hall–Kier alpha value is -1.20. The maximum atomic E-state index is 5.26. The van der Waals surface area contributed by atoms with Crippen molar-refractivity contribution in [3.63, 3.8) is 0 Å². The van der Waals surface area contributed by atoms with Crippen LogP contribution in [0.15, 0.2) is 18.3 Å². The third kappa shape index (κ3) is 4.74. The summed E-state index contributed by atoms with van der Waals surface area (Å²) in [4.78, 5) is 0. The summed E-state index contributed by atoms with van der Waals surface area (Å²) in [6, 6.07) is 3.70. The first-order valence-electron chi connectivity index (χ1n) is 4.51. The van der Waals surface area contributed by atoms with E-state index in [-0.39, 0.29) is 0 Å². The van der Waals surface area contributed by atoms with Crippen molar-refractivity contribution in [1.82, 2.24) is 10.2 Å². The van der Waals surface area contributed by atoms with Gasteiger partial charge in [0.05, 0.1) is 19.8 Å². The zero-order valence-electron chi connectivity index (χ0n) is 8.27. The molecule has 0 aliphatic carbocycles. The van der Waals surface area contributed by atoms with Crippen LogP contribution in [-0.4, -0.2) is 43.7 Å². The molecule has 0 radical (unpaired) electrons. The molecule has 0 aliphatic heterocycles. The van der Waals surface area contributed by atoms with Gasteiger partial charge in [-0.15, -0.1) is 5.10 Å². The molecule has 0 unspecified atom stereocenters. The maximum absolute atomic E-state index is 5.26. The summed E-state index contributed by atoms with van der Waals surface area (Å²) >= 11 is 0. The van der Waals surface area contributed by atoms with Crippen LogP contribution in [0.25, 0.3) is 0 Å². The van der Waals surface area contributed by atoms with Crippen molar-refractivity contribution in [3.8, 4) is 0 Å². The molecule has 5 nitrogen and oxygen atoms in total. The van der Waals surface area contributed by atoms with Crippen LogP contribution in [0, 0.1) is 0 Å². The van der Waals surface area contributed by atoms with E-state index in [9.17, 15) is 0 Å².